The standard InChI is InChI=1S/C30H31NO6/c1-17(2)21-13-22-27(32)26-24(15-23(35-29(26)34)19-7-5-4-6-8-19)37-30(22,3)25(14-21)36-28(33)20-11-9-18(16-31)10-12-20/h4-12,15,17,21-22,25,27,29,32,34H,13-14H2,1-3H3/t21-,22-,25-,27?,29?,30-/m0/s1. The van der Waals surface area contributed by atoms with Crippen molar-refractivity contribution < 1.29 is 29.2 Å². The molecule has 1 fully saturated rings. The van der Waals surface area contributed by atoms with Crippen LogP contribution in [-0.4, -0.2) is 40.3 Å². The van der Waals surface area contributed by atoms with E-state index in [4.69, 9.17) is 19.5 Å². The Morgan fingerprint density at radius 2 is 1.81 bits per heavy atom. The van der Waals surface area contributed by atoms with E-state index in [-0.39, 0.29) is 5.92 Å². The van der Waals surface area contributed by atoms with Gasteiger partial charge in [-0.1, -0.05) is 44.2 Å². The first-order valence-corrected chi connectivity index (χ1v) is 12.7. The van der Waals surface area contributed by atoms with Crippen LogP contribution in [0.4, 0.5) is 0 Å². The predicted octanol–water partition coefficient (Wildman–Crippen LogP) is 4.56. The Bertz CT molecular complexity index is 1280. The summed E-state index contributed by atoms with van der Waals surface area (Å²) in [5.41, 5.74) is 0.837. The lowest BCUT2D eigenvalue weighted by Crippen LogP contribution is -2.61. The summed E-state index contributed by atoms with van der Waals surface area (Å²) in [6.45, 7) is 6.10. The number of rotatable bonds is 4. The van der Waals surface area contributed by atoms with Gasteiger partial charge in [0, 0.05) is 17.6 Å². The van der Waals surface area contributed by atoms with Crippen molar-refractivity contribution in [2.75, 3.05) is 0 Å². The van der Waals surface area contributed by atoms with E-state index in [1.165, 1.54) is 0 Å². The molecule has 7 nitrogen and oxygen atoms in total. The Balaban J connectivity index is 1.50. The first-order valence-electron chi connectivity index (χ1n) is 12.7. The first kappa shape index (κ1) is 25.1. The lowest BCUT2D eigenvalue weighted by Gasteiger charge is -2.54. The molecule has 2 N–H and O–H groups in total. The topological polar surface area (TPSA) is 109 Å². The molecule has 6 atom stereocenters. The van der Waals surface area contributed by atoms with Crippen LogP contribution in [0.2, 0.25) is 0 Å². The summed E-state index contributed by atoms with van der Waals surface area (Å²) in [5.74, 6) is 0.310. The average molecular weight is 502 g/mol. The molecule has 2 unspecified atom stereocenters. The zero-order valence-corrected chi connectivity index (χ0v) is 21.1. The minimum absolute atomic E-state index is 0.175. The Morgan fingerprint density at radius 3 is 2.46 bits per heavy atom. The molecule has 0 radical (unpaired) electrons. The van der Waals surface area contributed by atoms with Crippen molar-refractivity contribution in [3.8, 4) is 6.07 Å². The third kappa shape index (κ3) is 4.52. The van der Waals surface area contributed by atoms with Crippen LogP contribution in [0.15, 0.2) is 72.0 Å². The fourth-order valence-electron chi connectivity index (χ4n) is 5.71. The summed E-state index contributed by atoms with van der Waals surface area (Å²) < 4.78 is 18.4. The molecule has 7 heteroatoms. The molecule has 0 bridgehead atoms. The van der Waals surface area contributed by atoms with Crippen LogP contribution >= 0.6 is 0 Å². The lowest BCUT2D eigenvalue weighted by atomic mass is 9.63. The van der Waals surface area contributed by atoms with Gasteiger partial charge in [-0.2, -0.15) is 5.26 Å². The van der Waals surface area contributed by atoms with Crippen LogP contribution < -0.4 is 0 Å². The number of fused-ring (bicyclic) bond motifs is 1. The van der Waals surface area contributed by atoms with Crippen molar-refractivity contribution >= 4 is 11.7 Å². The highest BCUT2D eigenvalue weighted by Crippen LogP contribution is 2.52. The summed E-state index contributed by atoms with van der Waals surface area (Å²) in [6, 6.07) is 17.7. The van der Waals surface area contributed by atoms with E-state index < -0.39 is 36.0 Å². The molecule has 0 aromatic heterocycles. The summed E-state index contributed by atoms with van der Waals surface area (Å²) in [4.78, 5) is 13.2. The van der Waals surface area contributed by atoms with E-state index >= 15 is 0 Å². The molecule has 192 valence electrons. The summed E-state index contributed by atoms with van der Waals surface area (Å²) in [5, 5.41) is 31.5. The van der Waals surface area contributed by atoms with Gasteiger partial charge in [0.15, 0.2) is 0 Å². The maximum absolute atomic E-state index is 13.2. The Labute approximate surface area is 216 Å². The van der Waals surface area contributed by atoms with Gasteiger partial charge in [-0.05, 0) is 55.9 Å². The van der Waals surface area contributed by atoms with Gasteiger partial charge in [-0.15, -0.1) is 0 Å². The van der Waals surface area contributed by atoms with Crippen LogP contribution in [0.1, 0.15) is 55.1 Å². The monoisotopic (exact) mass is 501 g/mol. The number of allylic oxidation sites excluding steroid dienone is 1. The van der Waals surface area contributed by atoms with E-state index in [2.05, 4.69) is 13.8 Å². The number of hydrogen-bond acceptors (Lipinski definition) is 7. The van der Waals surface area contributed by atoms with Gasteiger partial charge < -0.3 is 24.4 Å². The molecule has 5 rings (SSSR count). The maximum atomic E-state index is 13.2. The van der Waals surface area contributed by atoms with Gasteiger partial charge in [0.1, 0.15) is 23.2 Å². The van der Waals surface area contributed by atoms with E-state index in [1.807, 2.05) is 43.3 Å². The van der Waals surface area contributed by atoms with Crippen LogP contribution in [0.3, 0.4) is 0 Å². The number of ether oxygens (including phenoxy) is 3. The summed E-state index contributed by atoms with van der Waals surface area (Å²) >= 11 is 0. The smallest absolute Gasteiger partial charge is 0.338 e. The highest BCUT2D eigenvalue weighted by Gasteiger charge is 2.58. The first-order chi connectivity index (χ1) is 17.7. The van der Waals surface area contributed by atoms with Crippen LogP contribution in [-0.2, 0) is 14.2 Å². The number of carbonyl (C=O) groups excluding carboxylic acids is 1. The van der Waals surface area contributed by atoms with Crippen molar-refractivity contribution in [1.29, 1.82) is 5.26 Å². The molecule has 37 heavy (non-hydrogen) atoms. The van der Waals surface area contributed by atoms with Crippen molar-refractivity contribution in [3.63, 3.8) is 0 Å². The molecule has 2 aromatic rings. The second-order valence-electron chi connectivity index (χ2n) is 10.6. The summed E-state index contributed by atoms with van der Waals surface area (Å²) in [6.07, 6.45) is -0.103. The fraction of sp³-hybridized carbons (Fsp3) is 0.400. The van der Waals surface area contributed by atoms with Crippen LogP contribution in [0.25, 0.3) is 5.76 Å². The SMILES string of the molecule is CC(C)[C@@H]1C[C@H](OC(=O)c2ccc(C#N)cc2)[C@@]2(C)OC3=C(C(O)OC(c4ccccc4)=C3)C(O)[C@@H]2C1. The molecule has 1 aliphatic carbocycles. The molecule has 2 aromatic carbocycles. The highest BCUT2D eigenvalue weighted by molar-refractivity contribution is 5.89. The summed E-state index contributed by atoms with van der Waals surface area (Å²) in [7, 11) is 0. The number of carbonyl (C=O) groups is 1. The fourth-order valence-corrected chi connectivity index (χ4v) is 5.71. The van der Waals surface area contributed by atoms with Crippen molar-refractivity contribution in [1.82, 2.24) is 0 Å². The predicted molar refractivity (Wildman–Crippen MR) is 135 cm³/mol. The molecule has 1 saturated carbocycles. The number of esters is 1. The third-order valence-electron chi connectivity index (χ3n) is 8.03. The molecule has 0 amide bonds. The molecule has 2 aliphatic heterocycles. The van der Waals surface area contributed by atoms with Gasteiger partial charge in [-0.3, -0.25) is 0 Å². The highest BCUT2D eigenvalue weighted by atomic mass is 16.6. The lowest BCUT2D eigenvalue weighted by molar-refractivity contribution is -0.196. The molecular formula is C30H31NO6. The zero-order chi connectivity index (χ0) is 26.3. The van der Waals surface area contributed by atoms with Gasteiger partial charge in [0.25, 0.3) is 0 Å². The Hall–Kier alpha value is -3.60. The van der Waals surface area contributed by atoms with Crippen LogP contribution in [0.5, 0.6) is 0 Å². The number of hydrogen-bond donors (Lipinski definition) is 2. The number of aliphatic hydroxyl groups is 2. The molecular weight excluding hydrogens is 470 g/mol. The molecule has 3 aliphatic rings. The molecule has 2 heterocycles. The zero-order valence-electron chi connectivity index (χ0n) is 21.1. The van der Waals surface area contributed by atoms with E-state index in [9.17, 15) is 15.0 Å². The van der Waals surface area contributed by atoms with E-state index in [0.29, 0.717) is 47.0 Å². The number of nitrogens with zero attached hydrogens (tertiary/aromatic N) is 1. The second-order valence-corrected chi connectivity index (χ2v) is 10.6. The van der Waals surface area contributed by atoms with E-state index in [0.717, 1.165) is 5.56 Å². The van der Waals surface area contributed by atoms with Crippen molar-refractivity contribution in [3.05, 3.63) is 88.7 Å². The number of benzene rings is 2. The van der Waals surface area contributed by atoms with Gasteiger partial charge in [0.2, 0.25) is 6.29 Å². The second kappa shape index (κ2) is 9.70. The van der Waals surface area contributed by atoms with Crippen molar-refractivity contribution in [2.24, 2.45) is 17.8 Å². The van der Waals surface area contributed by atoms with E-state index in [1.54, 1.807) is 30.3 Å². The average Bonchev–Trinajstić information content (AvgIpc) is 2.89. The third-order valence-corrected chi connectivity index (χ3v) is 8.03. The minimum atomic E-state index is -1.35. The number of aliphatic hydroxyl groups excluding tert-OH is 2. The van der Waals surface area contributed by atoms with Crippen LogP contribution in [0, 0.1) is 29.1 Å². The Kier molecular flexibility index (Phi) is 6.57. The normalized spacial score (nSPS) is 30.7. The molecule has 0 saturated heterocycles. The van der Waals surface area contributed by atoms with Gasteiger partial charge >= 0.3 is 5.97 Å². The van der Waals surface area contributed by atoms with Gasteiger partial charge in [0.05, 0.1) is 28.9 Å². The molecule has 0 spiro atoms. The largest absolute Gasteiger partial charge is 0.483 e. The minimum Gasteiger partial charge on any atom is -0.483 e. The number of nitriles is 1. The Morgan fingerprint density at radius 1 is 1.11 bits per heavy atom. The quantitative estimate of drug-likeness (QED) is 0.591. The van der Waals surface area contributed by atoms with Crippen molar-refractivity contribution in [2.45, 2.75) is 57.7 Å². The maximum Gasteiger partial charge on any atom is 0.338 e. The van der Waals surface area contributed by atoms with Gasteiger partial charge in [-0.25, -0.2) is 4.79 Å².